The summed E-state index contributed by atoms with van der Waals surface area (Å²) in [4.78, 5) is 24.1. The number of benzene rings is 2. The fourth-order valence-electron chi connectivity index (χ4n) is 2.76. The van der Waals surface area contributed by atoms with E-state index in [1.165, 1.54) is 0 Å². The van der Waals surface area contributed by atoms with Gasteiger partial charge < -0.3 is 24.3 Å². The van der Waals surface area contributed by atoms with E-state index in [4.69, 9.17) is 18.9 Å². The second-order valence-electron chi connectivity index (χ2n) is 6.04. The number of carbonyl (C=O) groups is 2. The van der Waals surface area contributed by atoms with Crippen LogP contribution < -0.4 is 19.5 Å². The minimum absolute atomic E-state index is 0.120. The maximum absolute atomic E-state index is 12.1. The van der Waals surface area contributed by atoms with Gasteiger partial charge >= 0.3 is 5.97 Å². The third-order valence-electron chi connectivity index (χ3n) is 4.16. The zero-order valence-electron chi connectivity index (χ0n) is 14.4. The van der Waals surface area contributed by atoms with E-state index in [0.717, 1.165) is 16.9 Å². The first-order valence-electron chi connectivity index (χ1n) is 8.44. The Morgan fingerprint density at radius 3 is 2.78 bits per heavy atom. The van der Waals surface area contributed by atoms with Crippen LogP contribution in [0.25, 0.3) is 6.08 Å². The van der Waals surface area contributed by atoms with Gasteiger partial charge in [0.15, 0.2) is 18.1 Å². The van der Waals surface area contributed by atoms with Gasteiger partial charge in [-0.05, 0) is 29.8 Å². The summed E-state index contributed by atoms with van der Waals surface area (Å²) in [7, 11) is 0. The van der Waals surface area contributed by atoms with Crippen molar-refractivity contribution in [3.8, 4) is 17.2 Å². The van der Waals surface area contributed by atoms with Gasteiger partial charge in [-0.1, -0.05) is 24.3 Å². The highest BCUT2D eigenvalue weighted by molar-refractivity contribution is 5.96. The van der Waals surface area contributed by atoms with Crippen LogP contribution in [-0.2, 0) is 20.9 Å². The van der Waals surface area contributed by atoms with E-state index in [-0.39, 0.29) is 20.0 Å². The highest BCUT2D eigenvalue weighted by atomic mass is 16.7. The van der Waals surface area contributed by atoms with Crippen LogP contribution >= 0.6 is 0 Å². The van der Waals surface area contributed by atoms with Crippen LogP contribution in [0.4, 0.5) is 0 Å². The normalized spacial score (nSPS) is 13.9. The van der Waals surface area contributed by atoms with Crippen LogP contribution in [0, 0.1) is 0 Å². The van der Waals surface area contributed by atoms with Crippen LogP contribution in [-0.4, -0.2) is 31.9 Å². The molecule has 1 amide bonds. The molecule has 0 fully saturated rings. The van der Waals surface area contributed by atoms with Crippen molar-refractivity contribution >= 4 is 18.0 Å². The van der Waals surface area contributed by atoms with Crippen LogP contribution in [0.1, 0.15) is 11.1 Å². The van der Waals surface area contributed by atoms with E-state index in [1.54, 1.807) is 18.2 Å². The Balaban J connectivity index is 1.27. The first kappa shape index (κ1) is 17.0. The van der Waals surface area contributed by atoms with Gasteiger partial charge in [-0.2, -0.15) is 0 Å². The molecule has 1 N–H and O–H groups in total. The molecule has 2 aromatic carbocycles. The Morgan fingerprint density at radius 1 is 1.00 bits per heavy atom. The van der Waals surface area contributed by atoms with Crippen molar-refractivity contribution in [2.45, 2.75) is 6.54 Å². The molecule has 0 saturated heterocycles. The lowest BCUT2D eigenvalue weighted by Crippen LogP contribution is -2.29. The third kappa shape index (κ3) is 3.87. The quantitative estimate of drug-likeness (QED) is 0.815. The van der Waals surface area contributed by atoms with Gasteiger partial charge in [0, 0.05) is 12.1 Å². The van der Waals surface area contributed by atoms with Gasteiger partial charge in [-0.3, -0.25) is 4.79 Å². The molecule has 0 atom stereocenters. The molecule has 7 heteroatoms. The number of para-hydroxylation sites is 1. The summed E-state index contributed by atoms with van der Waals surface area (Å²) < 4.78 is 21.1. The Bertz CT molecular complexity index is 920. The van der Waals surface area contributed by atoms with Crippen molar-refractivity contribution in [1.82, 2.24) is 5.32 Å². The lowest BCUT2D eigenvalue weighted by atomic mass is 10.1. The van der Waals surface area contributed by atoms with Crippen molar-refractivity contribution in [3.63, 3.8) is 0 Å². The molecule has 0 aromatic heterocycles. The summed E-state index contributed by atoms with van der Waals surface area (Å²) in [6.45, 7) is 0.258. The summed E-state index contributed by atoms with van der Waals surface area (Å²) in [5.41, 5.74) is 2.04. The SMILES string of the molecule is O=C(COC(=O)C1=Cc2ccccc2OC1)NCc1ccc2c(c1)OCO2. The number of hydrogen-bond acceptors (Lipinski definition) is 6. The Morgan fingerprint density at radius 2 is 1.85 bits per heavy atom. The molecule has 4 rings (SSSR count). The first-order valence-corrected chi connectivity index (χ1v) is 8.44. The largest absolute Gasteiger partial charge is 0.488 e. The average molecular weight is 367 g/mol. The summed E-state index contributed by atoms with van der Waals surface area (Å²) in [5, 5.41) is 2.70. The second-order valence-corrected chi connectivity index (χ2v) is 6.04. The van der Waals surface area contributed by atoms with E-state index in [2.05, 4.69) is 5.32 Å². The molecule has 0 saturated carbocycles. The molecule has 0 unspecified atom stereocenters. The van der Waals surface area contributed by atoms with Crippen molar-refractivity contribution < 1.29 is 28.5 Å². The molecule has 0 bridgehead atoms. The monoisotopic (exact) mass is 367 g/mol. The zero-order valence-corrected chi connectivity index (χ0v) is 14.4. The molecule has 7 nitrogen and oxygen atoms in total. The number of hydrogen-bond donors (Lipinski definition) is 1. The van der Waals surface area contributed by atoms with Gasteiger partial charge in [0.25, 0.3) is 5.91 Å². The second kappa shape index (κ2) is 7.41. The van der Waals surface area contributed by atoms with Crippen LogP contribution in [0.5, 0.6) is 17.2 Å². The lowest BCUT2D eigenvalue weighted by molar-refractivity contribution is -0.145. The third-order valence-corrected chi connectivity index (χ3v) is 4.16. The predicted molar refractivity (Wildman–Crippen MR) is 95.3 cm³/mol. The van der Waals surface area contributed by atoms with Gasteiger partial charge in [-0.25, -0.2) is 4.79 Å². The van der Waals surface area contributed by atoms with Crippen molar-refractivity contribution in [3.05, 3.63) is 59.2 Å². The van der Waals surface area contributed by atoms with Gasteiger partial charge in [-0.15, -0.1) is 0 Å². The highest BCUT2D eigenvalue weighted by Crippen LogP contribution is 2.32. The maximum Gasteiger partial charge on any atom is 0.338 e. The predicted octanol–water partition coefficient (Wildman–Crippen LogP) is 2.05. The number of esters is 1. The Labute approximate surface area is 155 Å². The standard InChI is InChI=1S/C20H17NO6/c22-19(21-9-13-5-6-17-18(7-13)27-12-26-17)11-25-20(23)15-8-14-3-1-2-4-16(14)24-10-15/h1-8H,9-12H2,(H,21,22). The molecular formula is C20H17NO6. The van der Waals surface area contributed by atoms with Gasteiger partial charge in [0.05, 0.1) is 5.57 Å². The minimum Gasteiger partial charge on any atom is -0.488 e. The molecule has 0 radical (unpaired) electrons. The number of fused-ring (bicyclic) bond motifs is 2. The number of nitrogens with one attached hydrogen (secondary N) is 1. The van der Waals surface area contributed by atoms with Crippen LogP contribution in [0.15, 0.2) is 48.0 Å². The van der Waals surface area contributed by atoms with E-state index in [9.17, 15) is 9.59 Å². The van der Waals surface area contributed by atoms with E-state index < -0.39 is 11.9 Å². The summed E-state index contributed by atoms with van der Waals surface area (Å²) >= 11 is 0. The smallest absolute Gasteiger partial charge is 0.338 e. The van der Waals surface area contributed by atoms with Crippen molar-refractivity contribution in [1.29, 1.82) is 0 Å². The van der Waals surface area contributed by atoms with Crippen LogP contribution in [0.2, 0.25) is 0 Å². The lowest BCUT2D eigenvalue weighted by Gasteiger charge is -2.16. The molecule has 27 heavy (non-hydrogen) atoms. The van der Waals surface area contributed by atoms with Crippen molar-refractivity contribution in [2.75, 3.05) is 20.0 Å². The summed E-state index contributed by atoms with van der Waals surface area (Å²) in [6.07, 6.45) is 1.71. The zero-order chi connectivity index (χ0) is 18.6. The maximum atomic E-state index is 12.1. The number of ether oxygens (including phenoxy) is 4. The van der Waals surface area contributed by atoms with E-state index in [1.807, 2.05) is 30.3 Å². The van der Waals surface area contributed by atoms with Gasteiger partial charge in [0.1, 0.15) is 12.4 Å². The Hall–Kier alpha value is -3.48. The van der Waals surface area contributed by atoms with Gasteiger partial charge in [0.2, 0.25) is 6.79 Å². The fourth-order valence-corrected chi connectivity index (χ4v) is 2.76. The molecule has 2 aromatic rings. The molecule has 0 spiro atoms. The minimum atomic E-state index is -0.567. The molecule has 138 valence electrons. The number of rotatable bonds is 5. The molecule has 2 aliphatic heterocycles. The summed E-state index contributed by atoms with van der Waals surface area (Å²) in [6, 6.07) is 12.8. The molecular weight excluding hydrogens is 350 g/mol. The topological polar surface area (TPSA) is 83.1 Å². The molecule has 0 aliphatic carbocycles. The summed E-state index contributed by atoms with van der Waals surface area (Å²) in [5.74, 6) is 1.10. The van der Waals surface area contributed by atoms with Crippen molar-refractivity contribution in [2.24, 2.45) is 0 Å². The first-order chi connectivity index (χ1) is 13.2. The van der Waals surface area contributed by atoms with E-state index in [0.29, 0.717) is 23.6 Å². The number of amides is 1. The highest BCUT2D eigenvalue weighted by Gasteiger charge is 2.19. The molecule has 2 heterocycles. The van der Waals surface area contributed by atoms with E-state index >= 15 is 0 Å². The fraction of sp³-hybridized carbons (Fsp3) is 0.200. The average Bonchev–Trinajstić information content (AvgIpc) is 3.18. The Kier molecular flexibility index (Phi) is 4.65. The van der Waals surface area contributed by atoms with Crippen LogP contribution in [0.3, 0.4) is 0 Å². The number of carbonyl (C=O) groups excluding carboxylic acids is 2. The molecule has 2 aliphatic rings.